The molecule has 1 aliphatic rings. The molecule has 2 atom stereocenters. The number of nitrogens with zero attached hydrogens (tertiary/aromatic N) is 2. The topological polar surface area (TPSA) is 38.7 Å². The van der Waals surface area contributed by atoms with Crippen molar-refractivity contribution in [1.29, 1.82) is 0 Å². The third-order valence-corrected chi connectivity index (χ3v) is 4.09. The van der Waals surface area contributed by atoms with Crippen molar-refractivity contribution in [2.75, 3.05) is 40.8 Å². The van der Waals surface area contributed by atoms with Gasteiger partial charge in [-0.1, -0.05) is 0 Å². The van der Waals surface area contributed by atoms with Crippen LogP contribution < -0.4 is 5.32 Å². The number of hydrogen-bond donors (Lipinski definition) is 2. The summed E-state index contributed by atoms with van der Waals surface area (Å²) in [5.41, 5.74) is -0.129. The summed E-state index contributed by atoms with van der Waals surface area (Å²) in [6.45, 7) is 6.88. The van der Waals surface area contributed by atoms with E-state index >= 15 is 0 Å². The van der Waals surface area contributed by atoms with E-state index in [9.17, 15) is 5.11 Å². The fraction of sp³-hybridized carbons (Fsp3) is 1.00. The third-order valence-electron chi connectivity index (χ3n) is 4.09. The van der Waals surface area contributed by atoms with Gasteiger partial charge in [-0.3, -0.25) is 0 Å². The van der Waals surface area contributed by atoms with Gasteiger partial charge in [-0.15, -0.1) is 0 Å². The first-order chi connectivity index (χ1) is 8.86. The molecule has 0 aromatic rings. The Labute approximate surface area is 119 Å². The largest absolute Gasteiger partial charge is 0.394 e. The van der Waals surface area contributed by atoms with Crippen molar-refractivity contribution in [3.63, 3.8) is 0 Å². The molecule has 1 saturated carbocycles. The van der Waals surface area contributed by atoms with E-state index in [1.165, 1.54) is 19.3 Å². The lowest BCUT2D eigenvalue weighted by molar-refractivity contribution is 0.123. The SMILES string of the molecule is CC(CC(C)(CO)NC1CC1)N(C)CCCN(C)C. The molecule has 4 heteroatoms. The first-order valence-corrected chi connectivity index (χ1v) is 7.60. The molecule has 1 fully saturated rings. The predicted molar refractivity (Wildman–Crippen MR) is 81.5 cm³/mol. The average molecular weight is 271 g/mol. The maximum absolute atomic E-state index is 9.65. The fourth-order valence-corrected chi connectivity index (χ4v) is 2.55. The Bertz CT molecular complexity index is 256. The lowest BCUT2D eigenvalue weighted by atomic mass is 9.93. The Hall–Kier alpha value is -0.160. The Balaban J connectivity index is 2.31. The van der Waals surface area contributed by atoms with Gasteiger partial charge >= 0.3 is 0 Å². The summed E-state index contributed by atoms with van der Waals surface area (Å²) in [5.74, 6) is 0. The monoisotopic (exact) mass is 271 g/mol. The molecule has 0 heterocycles. The normalized spacial score (nSPS) is 20.8. The van der Waals surface area contributed by atoms with Crippen molar-refractivity contribution in [2.45, 2.75) is 57.2 Å². The highest BCUT2D eigenvalue weighted by atomic mass is 16.3. The highest BCUT2D eigenvalue weighted by Gasteiger charge is 2.33. The average Bonchev–Trinajstić information content (AvgIpc) is 3.12. The summed E-state index contributed by atoms with van der Waals surface area (Å²) < 4.78 is 0. The Kier molecular flexibility index (Phi) is 6.74. The van der Waals surface area contributed by atoms with Gasteiger partial charge in [0.2, 0.25) is 0 Å². The van der Waals surface area contributed by atoms with Gasteiger partial charge in [-0.2, -0.15) is 0 Å². The van der Waals surface area contributed by atoms with Crippen LogP contribution in [0.2, 0.25) is 0 Å². The van der Waals surface area contributed by atoms with Crippen LogP contribution in [0.15, 0.2) is 0 Å². The molecule has 0 radical (unpaired) electrons. The zero-order valence-corrected chi connectivity index (χ0v) is 13.4. The van der Waals surface area contributed by atoms with Crippen LogP contribution in [0, 0.1) is 0 Å². The van der Waals surface area contributed by atoms with Crippen molar-refractivity contribution >= 4 is 0 Å². The van der Waals surface area contributed by atoms with Crippen LogP contribution in [0.5, 0.6) is 0 Å². The summed E-state index contributed by atoms with van der Waals surface area (Å²) in [7, 11) is 6.42. The van der Waals surface area contributed by atoms with Crippen molar-refractivity contribution in [1.82, 2.24) is 15.1 Å². The second-order valence-electron chi connectivity index (χ2n) is 6.83. The molecular weight excluding hydrogens is 238 g/mol. The van der Waals surface area contributed by atoms with Crippen LogP contribution >= 0.6 is 0 Å². The molecule has 1 rings (SSSR count). The zero-order chi connectivity index (χ0) is 14.5. The van der Waals surface area contributed by atoms with E-state index in [0.717, 1.165) is 19.5 Å². The van der Waals surface area contributed by atoms with Gasteiger partial charge in [-0.25, -0.2) is 0 Å². The molecule has 114 valence electrons. The standard InChI is InChI=1S/C15H33N3O/c1-13(18(5)10-6-9-17(3)4)11-15(2,12-19)16-14-7-8-14/h13-14,16,19H,6-12H2,1-5H3. The highest BCUT2D eigenvalue weighted by molar-refractivity contribution is 4.94. The lowest BCUT2D eigenvalue weighted by Crippen LogP contribution is -2.51. The van der Waals surface area contributed by atoms with Crippen LogP contribution in [0.1, 0.15) is 39.5 Å². The number of hydrogen-bond acceptors (Lipinski definition) is 4. The van der Waals surface area contributed by atoms with Crippen LogP contribution in [-0.2, 0) is 0 Å². The molecule has 2 unspecified atom stereocenters. The molecular formula is C15H33N3O. The number of nitrogens with one attached hydrogen (secondary N) is 1. The molecule has 4 nitrogen and oxygen atoms in total. The van der Waals surface area contributed by atoms with E-state index in [1.807, 2.05) is 0 Å². The molecule has 0 saturated heterocycles. The van der Waals surface area contributed by atoms with Gasteiger partial charge in [0, 0.05) is 17.6 Å². The van der Waals surface area contributed by atoms with Crippen molar-refractivity contribution in [2.24, 2.45) is 0 Å². The molecule has 0 aliphatic heterocycles. The summed E-state index contributed by atoms with van der Waals surface area (Å²) in [5, 5.41) is 13.2. The maximum atomic E-state index is 9.65. The zero-order valence-electron chi connectivity index (χ0n) is 13.4. The van der Waals surface area contributed by atoms with Crippen LogP contribution in [-0.4, -0.2) is 73.4 Å². The maximum Gasteiger partial charge on any atom is 0.0611 e. The molecule has 0 aromatic heterocycles. The van der Waals surface area contributed by atoms with E-state index in [1.54, 1.807) is 0 Å². The Morgan fingerprint density at radius 2 is 1.89 bits per heavy atom. The minimum Gasteiger partial charge on any atom is -0.394 e. The Morgan fingerprint density at radius 1 is 1.26 bits per heavy atom. The van der Waals surface area contributed by atoms with Crippen LogP contribution in [0.4, 0.5) is 0 Å². The minimum atomic E-state index is -0.129. The molecule has 0 aromatic carbocycles. The van der Waals surface area contributed by atoms with Crippen molar-refractivity contribution in [3.05, 3.63) is 0 Å². The first kappa shape index (κ1) is 16.9. The van der Waals surface area contributed by atoms with Gasteiger partial charge in [-0.05, 0) is 73.8 Å². The minimum absolute atomic E-state index is 0.129. The smallest absolute Gasteiger partial charge is 0.0611 e. The van der Waals surface area contributed by atoms with Crippen molar-refractivity contribution < 1.29 is 5.11 Å². The number of aliphatic hydroxyl groups is 1. The molecule has 1 aliphatic carbocycles. The first-order valence-electron chi connectivity index (χ1n) is 7.60. The van der Waals surface area contributed by atoms with Crippen molar-refractivity contribution in [3.8, 4) is 0 Å². The second kappa shape index (κ2) is 7.58. The van der Waals surface area contributed by atoms with Gasteiger partial charge in [0.05, 0.1) is 6.61 Å². The van der Waals surface area contributed by atoms with E-state index in [0.29, 0.717) is 12.1 Å². The van der Waals surface area contributed by atoms with Gasteiger partial charge in [0.1, 0.15) is 0 Å². The van der Waals surface area contributed by atoms with E-state index in [2.05, 4.69) is 50.1 Å². The lowest BCUT2D eigenvalue weighted by Gasteiger charge is -2.35. The van der Waals surface area contributed by atoms with Crippen LogP contribution in [0.25, 0.3) is 0 Å². The fourth-order valence-electron chi connectivity index (χ4n) is 2.55. The molecule has 19 heavy (non-hydrogen) atoms. The summed E-state index contributed by atoms with van der Waals surface area (Å²) in [4.78, 5) is 4.64. The summed E-state index contributed by atoms with van der Waals surface area (Å²) in [6.07, 6.45) is 4.73. The summed E-state index contributed by atoms with van der Waals surface area (Å²) >= 11 is 0. The Morgan fingerprint density at radius 3 is 2.37 bits per heavy atom. The predicted octanol–water partition coefficient (Wildman–Crippen LogP) is 1.15. The quantitative estimate of drug-likeness (QED) is 0.625. The van der Waals surface area contributed by atoms with E-state index in [-0.39, 0.29) is 12.1 Å². The summed E-state index contributed by atoms with van der Waals surface area (Å²) in [6, 6.07) is 1.13. The van der Waals surface area contributed by atoms with E-state index in [4.69, 9.17) is 0 Å². The van der Waals surface area contributed by atoms with Gasteiger partial charge in [0.25, 0.3) is 0 Å². The van der Waals surface area contributed by atoms with Crippen LogP contribution in [0.3, 0.4) is 0 Å². The highest BCUT2D eigenvalue weighted by Crippen LogP contribution is 2.25. The molecule has 2 N–H and O–H groups in total. The number of rotatable bonds is 10. The second-order valence-corrected chi connectivity index (χ2v) is 6.83. The third kappa shape index (κ3) is 6.70. The molecule has 0 spiro atoms. The van der Waals surface area contributed by atoms with E-state index < -0.39 is 0 Å². The number of aliphatic hydroxyl groups excluding tert-OH is 1. The van der Waals surface area contributed by atoms with Gasteiger partial charge < -0.3 is 20.2 Å². The molecule has 0 amide bonds. The molecule has 0 bridgehead atoms. The van der Waals surface area contributed by atoms with Gasteiger partial charge in [0.15, 0.2) is 0 Å².